The van der Waals surface area contributed by atoms with Crippen LogP contribution in [-0.2, 0) is 0 Å². The second kappa shape index (κ2) is 5.05. The fourth-order valence-electron chi connectivity index (χ4n) is 3.00. The second-order valence-corrected chi connectivity index (χ2v) is 6.24. The van der Waals surface area contributed by atoms with Gasteiger partial charge in [0.05, 0.1) is 0 Å². The highest BCUT2D eigenvalue weighted by atomic mass is 32.1. The summed E-state index contributed by atoms with van der Waals surface area (Å²) in [6, 6.07) is 0.792. The second-order valence-electron chi connectivity index (χ2n) is 5.26. The van der Waals surface area contributed by atoms with Gasteiger partial charge in [-0.3, -0.25) is 9.69 Å². The van der Waals surface area contributed by atoms with Crippen LogP contribution >= 0.6 is 11.3 Å². The van der Waals surface area contributed by atoms with Crippen molar-refractivity contribution in [3.63, 3.8) is 0 Å². The Morgan fingerprint density at radius 3 is 3.00 bits per heavy atom. The number of rotatable bonds is 2. The van der Waals surface area contributed by atoms with E-state index in [-0.39, 0.29) is 11.9 Å². The monoisotopic (exact) mass is 281 g/mol. The van der Waals surface area contributed by atoms with E-state index in [1.54, 1.807) is 7.05 Å². The molecular weight excluding hydrogens is 262 g/mol. The SMILES string of the molecule is CNc1nnc(C(=O)N2CC3CCCN3CC2C)s1. The van der Waals surface area contributed by atoms with Crippen molar-refractivity contribution in [2.24, 2.45) is 0 Å². The average molecular weight is 281 g/mol. The van der Waals surface area contributed by atoms with Gasteiger partial charge in [0.15, 0.2) is 0 Å². The first-order valence-electron chi connectivity index (χ1n) is 6.75. The standard InChI is InChI=1S/C12H19N5OS/c1-8-6-16-5-3-4-9(16)7-17(8)11(18)10-14-15-12(13-2)19-10/h8-9H,3-7H2,1-2H3,(H,13,15). The molecule has 3 rings (SSSR count). The topological polar surface area (TPSA) is 61.4 Å². The number of carbonyl (C=O) groups excluding carboxylic acids is 1. The molecule has 1 aromatic rings. The van der Waals surface area contributed by atoms with Crippen molar-refractivity contribution >= 4 is 22.4 Å². The van der Waals surface area contributed by atoms with E-state index in [1.165, 1.54) is 30.7 Å². The molecule has 19 heavy (non-hydrogen) atoms. The molecule has 2 atom stereocenters. The molecule has 2 aliphatic rings. The van der Waals surface area contributed by atoms with Gasteiger partial charge >= 0.3 is 0 Å². The lowest BCUT2D eigenvalue weighted by Crippen LogP contribution is -2.56. The Balaban J connectivity index is 1.75. The third-order valence-corrected chi connectivity index (χ3v) is 4.95. The summed E-state index contributed by atoms with van der Waals surface area (Å²) >= 11 is 1.32. The first-order chi connectivity index (χ1) is 9.19. The van der Waals surface area contributed by atoms with Crippen LogP contribution in [0, 0.1) is 0 Å². The molecular formula is C12H19N5OS. The quantitative estimate of drug-likeness (QED) is 0.872. The Labute approximate surface area is 116 Å². The van der Waals surface area contributed by atoms with Gasteiger partial charge in [-0.15, -0.1) is 10.2 Å². The Morgan fingerprint density at radius 2 is 2.26 bits per heavy atom. The molecule has 6 nitrogen and oxygen atoms in total. The maximum absolute atomic E-state index is 12.5. The molecule has 3 heterocycles. The van der Waals surface area contributed by atoms with Crippen LogP contribution in [0.15, 0.2) is 0 Å². The molecule has 1 aromatic heterocycles. The summed E-state index contributed by atoms with van der Waals surface area (Å²) in [4.78, 5) is 17.0. The highest BCUT2D eigenvalue weighted by molar-refractivity contribution is 7.17. The fourth-order valence-corrected chi connectivity index (χ4v) is 3.66. The van der Waals surface area contributed by atoms with Gasteiger partial charge in [0, 0.05) is 32.2 Å². The molecule has 104 valence electrons. The van der Waals surface area contributed by atoms with Gasteiger partial charge < -0.3 is 10.2 Å². The van der Waals surface area contributed by atoms with E-state index in [2.05, 4.69) is 27.3 Å². The lowest BCUT2D eigenvalue weighted by atomic mass is 10.1. The van der Waals surface area contributed by atoms with Gasteiger partial charge in [0.2, 0.25) is 10.1 Å². The molecule has 0 aliphatic carbocycles. The minimum atomic E-state index is 0.0260. The Morgan fingerprint density at radius 1 is 1.42 bits per heavy atom. The zero-order chi connectivity index (χ0) is 13.4. The maximum Gasteiger partial charge on any atom is 0.285 e. The number of amides is 1. The summed E-state index contributed by atoms with van der Waals surface area (Å²) < 4.78 is 0. The molecule has 2 aliphatic heterocycles. The van der Waals surface area contributed by atoms with E-state index in [0.717, 1.165) is 13.1 Å². The predicted octanol–water partition coefficient (Wildman–Crippen LogP) is 0.889. The van der Waals surface area contributed by atoms with Crippen LogP contribution < -0.4 is 5.32 Å². The van der Waals surface area contributed by atoms with Gasteiger partial charge in [0.1, 0.15) is 0 Å². The number of aromatic nitrogens is 2. The summed E-state index contributed by atoms with van der Waals surface area (Å²) in [7, 11) is 1.79. The van der Waals surface area contributed by atoms with Crippen LogP contribution in [0.4, 0.5) is 5.13 Å². The highest BCUT2D eigenvalue weighted by Crippen LogP contribution is 2.26. The van der Waals surface area contributed by atoms with Crippen molar-refractivity contribution < 1.29 is 4.79 Å². The van der Waals surface area contributed by atoms with Gasteiger partial charge in [-0.1, -0.05) is 11.3 Å². The molecule has 2 unspecified atom stereocenters. The summed E-state index contributed by atoms with van der Waals surface area (Å²) in [5, 5.41) is 12.0. The molecule has 0 bridgehead atoms. The number of nitrogens with one attached hydrogen (secondary N) is 1. The minimum Gasteiger partial charge on any atom is -0.363 e. The fraction of sp³-hybridized carbons (Fsp3) is 0.750. The molecule has 1 amide bonds. The Kier molecular flexibility index (Phi) is 3.40. The Bertz CT molecular complexity index is 476. The van der Waals surface area contributed by atoms with E-state index >= 15 is 0 Å². The number of nitrogens with zero attached hydrogens (tertiary/aromatic N) is 4. The Hall–Kier alpha value is -1.21. The lowest BCUT2D eigenvalue weighted by Gasteiger charge is -2.41. The minimum absolute atomic E-state index is 0.0260. The third-order valence-electron chi connectivity index (χ3n) is 4.02. The van der Waals surface area contributed by atoms with Crippen molar-refractivity contribution in [2.45, 2.75) is 31.8 Å². The van der Waals surface area contributed by atoms with E-state index in [0.29, 0.717) is 16.2 Å². The molecule has 0 radical (unpaired) electrons. The first kappa shape index (κ1) is 12.8. The number of fused-ring (bicyclic) bond motifs is 1. The van der Waals surface area contributed by atoms with E-state index in [1.807, 2.05) is 4.90 Å². The zero-order valence-electron chi connectivity index (χ0n) is 11.3. The molecule has 2 saturated heterocycles. The van der Waals surface area contributed by atoms with Crippen LogP contribution in [0.3, 0.4) is 0 Å². The van der Waals surface area contributed by atoms with Crippen LogP contribution in [0.1, 0.15) is 29.6 Å². The summed E-state index contributed by atoms with van der Waals surface area (Å²) in [5.41, 5.74) is 0. The van der Waals surface area contributed by atoms with Gasteiger partial charge in [0.25, 0.3) is 5.91 Å². The number of carbonyl (C=O) groups is 1. The maximum atomic E-state index is 12.5. The molecule has 1 N–H and O–H groups in total. The zero-order valence-corrected chi connectivity index (χ0v) is 12.1. The molecule has 2 fully saturated rings. The van der Waals surface area contributed by atoms with Crippen LogP contribution in [0.5, 0.6) is 0 Å². The first-order valence-corrected chi connectivity index (χ1v) is 7.57. The molecule has 0 aromatic carbocycles. The van der Waals surface area contributed by atoms with Gasteiger partial charge in [-0.05, 0) is 26.3 Å². The highest BCUT2D eigenvalue weighted by Gasteiger charge is 2.37. The van der Waals surface area contributed by atoms with Crippen molar-refractivity contribution in [1.29, 1.82) is 0 Å². The van der Waals surface area contributed by atoms with Crippen LogP contribution in [0.2, 0.25) is 0 Å². The molecule has 0 saturated carbocycles. The van der Waals surface area contributed by atoms with E-state index < -0.39 is 0 Å². The van der Waals surface area contributed by atoms with Crippen molar-refractivity contribution in [3.05, 3.63) is 5.01 Å². The van der Waals surface area contributed by atoms with Crippen LogP contribution in [0.25, 0.3) is 0 Å². The molecule has 7 heteroatoms. The van der Waals surface area contributed by atoms with Gasteiger partial charge in [-0.2, -0.15) is 0 Å². The number of anilines is 1. The number of hydrogen-bond acceptors (Lipinski definition) is 6. The van der Waals surface area contributed by atoms with Crippen molar-refractivity contribution in [1.82, 2.24) is 20.0 Å². The van der Waals surface area contributed by atoms with E-state index in [4.69, 9.17) is 0 Å². The normalized spacial score (nSPS) is 27.4. The smallest absolute Gasteiger partial charge is 0.285 e. The average Bonchev–Trinajstić information content (AvgIpc) is 3.05. The lowest BCUT2D eigenvalue weighted by molar-refractivity contribution is 0.0394. The van der Waals surface area contributed by atoms with Crippen molar-refractivity contribution in [2.75, 3.05) is 32.0 Å². The number of hydrogen-bond donors (Lipinski definition) is 1. The third kappa shape index (κ3) is 2.32. The summed E-state index contributed by atoms with van der Waals surface area (Å²) in [6.45, 7) is 5.11. The predicted molar refractivity (Wildman–Crippen MR) is 74.5 cm³/mol. The van der Waals surface area contributed by atoms with Gasteiger partial charge in [-0.25, -0.2) is 0 Å². The van der Waals surface area contributed by atoms with Crippen LogP contribution in [-0.4, -0.2) is 64.7 Å². The molecule has 0 spiro atoms. The largest absolute Gasteiger partial charge is 0.363 e. The van der Waals surface area contributed by atoms with E-state index in [9.17, 15) is 4.79 Å². The van der Waals surface area contributed by atoms with Crippen molar-refractivity contribution in [3.8, 4) is 0 Å². The summed E-state index contributed by atoms with van der Waals surface area (Å²) in [6.07, 6.45) is 2.45. The number of piperazine rings is 1. The summed E-state index contributed by atoms with van der Waals surface area (Å²) in [5.74, 6) is 0.0260.